The highest BCUT2D eigenvalue weighted by Gasteiger charge is 2.14. The molecule has 0 unspecified atom stereocenters. The molecule has 8 nitrogen and oxygen atoms in total. The number of esters is 2. The SMILES string of the molecule is CCCCCCCCCCCCOc1ccc(C(=O)Oc2ccc(OCCCCCCCCC)c(F)c2)cc1.CCCCCCCCCCCOc1ccc(C(=O)Oc2ccc(OCCCCCCCCC)c(F)c2)cc1. The first kappa shape index (κ1) is 66.2. The Morgan fingerprint density at radius 2 is 0.532 bits per heavy atom. The van der Waals surface area contributed by atoms with Crippen LogP contribution >= 0.6 is 0 Å². The molecule has 0 saturated heterocycles. The van der Waals surface area contributed by atoms with Gasteiger partial charge in [0, 0.05) is 12.1 Å². The number of halogens is 2. The lowest BCUT2D eigenvalue weighted by Crippen LogP contribution is -2.09. The lowest BCUT2D eigenvalue weighted by Gasteiger charge is -2.10. The van der Waals surface area contributed by atoms with Gasteiger partial charge in [0.15, 0.2) is 23.1 Å². The summed E-state index contributed by atoms with van der Waals surface area (Å²) in [5, 5.41) is 0. The number of hydrogen-bond acceptors (Lipinski definition) is 8. The molecule has 0 aliphatic rings. The summed E-state index contributed by atoms with van der Waals surface area (Å²) >= 11 is 0. The van der Waals surface area contributed by atoms with Crippen molar-refractivity contribution in [2.24, 2.45) is 0 Å². The summed E-state index contributed by atoms with van der Waals surface area (Å²) in [5.41, 5.74) is 0.779. The molecule has 0 N–H and O–H groups in total. The molecule has 0 amide bonds. The molecule has 0 spiro atoms. The Balaban J connectivity index is 0.000000405. The number of rotatable bonds is 45. The lowest BCUT2D eigenvalue weighted by molar-refractivity contribution is 0.0724. The van der Waals surface area contributed by atoms with Crippen molar-refractivity contribution in [2.75, 3.05) is 26.4 Å². The van der Waals surface area contributed by atoms with Crippen LogP contribution in [-0.2, 0) is 0 Å². The Kier molecular flexibility index (Phi) is 38.5. The minimum Gasteiger partial charge on any atom is -0.494 e. The molecule has 4 aromatic rings. The molecule has 0 aliphatic heterocycles. The fraction of sp³-hybridized carbons (Fsp3) is 0.612. The molecule has 0 aliphatic carbocycles. The van der Waals surface area contributed by atoms with Crippen molar-refractivity contribution < 1.29 is 46.8 Å². The second kappa shape index (κ2) is 44.8. The highest BCUT2D eigenvalue weighted by atomic mass is 19.1. The third kappa shape index (κ3) is 32.4. The molecule has 0 fully saturated rings. The Morgan fingerprint density at radius 3 is 0.792 bits per heavy atom. The minimum absolute atomic E-state index is 0.154. The first-order chi connectivity index (χ1) is 37.8. The number of unbranched alkanes of at least 4 members (excludes halogenated alkanes) is 29. The van der Waals surface area contributed by atoms with Crippen molar-refractivity contribution in [3.63, 3.8) is 0 Å². The summed E-state index contributed by atoms with van der Waals surface area (Å²) in [6.45, 7) is 11.2. The fourth-order valence-corrected chi connectivity index (χ4v) is 8.90. The molecule has 0 atom stereocenters. The molecule has 0 saturated carbocycles. The Hall–Kier alpha value is -5.12. The standard InChI is InChI=1S/C34H51FO4.C33H49FO4/c1-3-5-7-9-11-12-13-15-16-18-26-37-30-22-20-29(21-23-30)34(36)39-31-24-25-33(32(35)28-31)38-27-19-17-14-10-8-6-4-2;1-3-5-7-9-11-12-14-15-17-25-36-29-21-19-28(20-22-29)33(35)38-30-23-24-32(31(34)27-30)37-26-18-16-13-10-8-6-4-2/h20-25,28H,3-19,26-27H2,1-2H3;19-24,27H,3-18,25-26H2,1-2H3. The molecule has 430 valence electrons. The van der Waals surface area contributed by atoms with Gasteiger partial charge in [0.2, 0.25) is 0 Å². The summed E-state index contributed by atoms with van der Waals surface area (Å²) in [7, 11) is 0. The molecule has 10 heteroatoms. The van der Waals surface area contributed by atoms with Crippen molar-refractivity contribution in [2.45, 2.75) is 240 Å². The average Bonchev–Trinajstić information content (AvgIpc) is 3.44. The molecule has 0 aromatic heterocycles. The van der Waals surface area contributed by atoms with E-state index >= 15 is 0 Å². The van der Waals surface area contributed by atoms with E-state index in [2.05, 4.69) is 27.7 Å². The molecule has 4 rings (SSSR count). The van der Waals surface area contributed by atoms with Crippen LogP contribution in [0.1, 0.15) is 260 Å². The molecule has 77 heavy (non-hydrogen) atoms. The largest absolute Gasteiger partial charge is 0.494 e. The average molecular weight is 1070 g/mol. The number of carbonyl (C=O) groups is 2. The summed E-state index contributed by atoms with van der Waals surface area (Å²) in [4.78, 5) is 25.0. The lowest BCUT2D eigenvalue weighted by atomic mass is 10.1. The van der Waals surface area contributed by atoms with Crippen LogP contribution in [0.25, 0.3) is 0 Å². The zero-order chi connectivity index (χ0) is 55.2. The van der Waals surface area contributed by atoms with Crippen molar-refractivity contribution in [1.82, 2.24) is 0 Å². The van der Waals surface area contributed by atoms with Gasteiger partial charge in [-0.2, -0.15) is 0 Å². The van der Waals surface area contributed by atoms with Gasteiger partial charge in [-0.25, -0.2) is 18.4 Å². The van der Waals surface area contributed by atoms with Crippen LogP contribution in [0.5, 0.6) is 34.5 Å². The molecule has 0 bridgehead atoms. The number of hydrogen-bond donors (Lipinski definition) is 0. The van der Waals surface area contributed by atoms with Crippen LogP contribution in [0.2, 0.25) is 0 Å². The van der Waals surface area contributed by atoms with Crippen LogP contribution in [0, 0.1) is 11.6 Å². The van der Waals surface area contributed by atoms with E-state index in [0.29, 0.717) is 37.6 Å². The molecule has 0 radical (unpaired) electrons. The van der Waals surface area contributed by atoms with Gasteiger partial charge in [-0.3, -0.25) is 0 Å². The summed E-state index contributed by atoms with van der Waals surface area (Å²) in [6, 6.07) is 22.3. The van der Waals surface area contributed by atoms with Gasteiger partial charge in [-0.15, -0.1) is 0 Å². The normalized spacial score (nSPS) is 10.9. The number of carbonyl (C=O) groups excluding carboxylic acids is 2. The van der Waals surface area contributed by atoms with Crippen molar-refractivity contribution >= 4 is 11.9 Å². The first-order valence-corrected chi connectivity index (χ1v) is 30.5. The number of benzene rings is 4. The minimum atomic E-state index is -0.536. The van der Waals surface area contributed by atoms with Gasteiger partial charge >= 0.3 is 11.9 Å². The van der Waals surface area contributed by atoms with E-state index in [4.69, 9.17) is 28.4 Å². The van der Waals surface area contributed by atoms with E-state index in [1.165, 1.54) is 198 Å². The maximum absolute atomic E-state index is 14.4. The first-order valence-electron chi connectivity index (χ1n) is 30.5. The van der Waals surface area contributed by atoms with E-state index in [-0.39, 0.29) is 23.0 Å². The van der Waals surface area contributed by atoms with E-state index in [9.17, 15) is 18.4 Å². The number of ether oxygens (including phenoxy) is 6. The monoisotopic (exact) mass is 1070 g/mol. The summed E-state index contributed by atoms with van der Waals surface area (Å²) in [5.74, 6) is 0.0135. The van der Waals surface area contributed by atoms with Crippen LogP contribution < -0.4 is 28.4 Å². The van der Waals surface area contributed by atoms with E-state index in [1.807, 2.05) is 0 Å². The topological polar surface area (TPSA) is 89.5 Å². The second-order valence-electron chi connectivity index (χ2n) is 20.7. The van der Waals surface area contributed by atoms with Crippen LogP contribution in [0.15, 0.2) is 84.9 Å². The van der Waals surface area contributed by atoms with Crippen LogP contribution in [-0.4, -0.2) is 38.4 Å². The maximum atomic E-state index is 14.4. The van der Waals surface area contributed by atoms with E-state index < -0.39 is 23.6 Å². The Morgan fingerprint density at radius 1 is 0.299 bits per heavy atom. The molecule has 0 heterocycles. The predicted octanol–water partition coefficient (Wildman–Crippen LogP) is 20.6. The zero-order valence-electron chi connectivity index (χ0n) is 48.3. The van der Waals surface area contributed by atoms with Gasteiger partial charge in [-0.1, -0.05) is 214 Å². The van der Waals surface area contributed by atoms with E-state index in [1.54, 1.807) is 60.7 Å². The van der Waals surface area contributed by atoms with Crippen molar-refractivity contribution in [3.05, 3.63) is 108 Å². The zero-order valence-corrected chi connectivity index (χ0v) is 48.3. The fourth-order valence-electron chi connectivity index (χ4n) is 8.90. The van der Waals surface area contributed by atoms with Crippen molar-refractivity contribution in [1.29, 1.82) is 0 Å². The van der Waals surface area contributed by atoms with Gasteiger partial charge in [0.05, 0.1) is 37.6 Å². The van der Waals surface area contributed by atoms with Crippen LogP contribution in [0.4, 0.5) is 8.78 Å². The molecular weight excluding hydrogens is 971 g/mol. The highest BCUT2D eigenvalue weighted by molar-refractivity contribution is 5.91. The van der Waals surface area contributed by atoms with Gasteiger partial charge in [-0.05, 0) is 98.5 Å². The summed E-state index contributed by atoms with van der Waals surface area (Å²) < 4.78 is 62.3. The van der Waals surface area contributed by atoms with Gasteiger partial charge in [0.25, 0.3) is 0 Å². The predicted molar refractivity (Wildman–Crippen MR) is 313 cm³/mol. The smallest absolute Gasteiger partial charge is 0.343 e. The Bertz CT molecular complexity index is 2070. The highest BCUT2D eigenvalue weighted by Crippen LogP contribution is 2.26. The maximum Gasteiger partial charge on any atom is 0.343 e. The third-order valence-corrected chi connectivity index (χ3v) is 13.7. The second-order valence-corrected chi connectivity index (χ2v) is 20.7. The van der Waals surface area contributed by atoms with Crippen molar-refractivity contribution in [3.8, 4) is 34.5 Å². The van der Waals surface area contributed by atoms with Gasteiger partial charge < -0.3 is 28.4 Å². The molecular formula is C67H100F2O8. The Labute approximate surface area is 465 Å². The van der Waals surface area contributed by atoms with E-state index in [0.717, 1.165) is 50.0 Å². The summed E-state index contributed by atoms with van der Waals surface area (Å²) in [6.07, 6.45) is 40.8. The van der Waals surface area contributed by atoms with Crippen LogP contribution in [0.3, 0.4) is 0 Å². The quantitative estimate of drug-likeness (QED) is 0.0246. The van der Waals surface area contributed by atoms with Gasteiger partial charge in [0.1, 0.15) is 23.0 Å². The third-order valence-electron chi connectivity index (χ3n) is 13.7. The molecule has 4 aromatic carbocycles.